The van der Waals surface area contributed by atoms with E-state index in [2.05, 4.69) is 31.3 Å². The summed E-state index contributed by atoms with van der Waals surface area (Å²) in [7, 11) is 0. The van der Waals surface area contributed by atoms with E-state index in [0.717, 1.165) is 12.0 Å². The van der Waals surface area contributed by atoms with Gasteiger partial charge in [-0.25, -0.2) is 0 Å². The maximum atomic E-state index is 12.1. The van der Waals surface area contributed by atoms with E-state index in [1.807, 2.05) is 19.1 Å². The lowest BCUT2D eigenvalue weighted by molar-refractivity contribution is -0.123. The molecule has 1 atom stereocenters. The van der Waals surface area contributed by atoms with E-state index in [0.29, 0.717) is 11.7 Å². The van der Waals surface area contributed by atoms with Crippen molar-refractivity contribution in [2.24, 2.45) is 11.7 Å². The molecule has 138 valence electrons. The second-order valence-electron chi connectivity index (χ2n) is 6.78. The molecule has 5 nitrogen and oxygen atoms in total. The molecule has 0 saturated carbocycles. The highest BCUT2D eigenvalue weighted by Crippen LogP contribution is 2.18. The van der Waals surface area contributed by atoms with Gasteiger partial charge in [0, 0.05) is 0 Å². The van der Waals surface area contributed by atoms with Crippen molar-refractivity contribution in [3.8, 4) is 5.75 Å². The van der Waals surface area contributed by atoms with Gasteiger partial charge >= 0.3 is 0 Å². The average molecular weight is 354 g/mol. The number of nitrogens with two attached hydrogens (primary N) is 1. The van der Waals surface area contributed by atoms with Crippen molar-refractivity contribution in [1.29, 1.82) is 0 Å². The van der Waals surface area contributed by atoms with E-state index in [9.17, 15) is 9.59 Å². The third kappa shape index (κ3) is 5.62. The van der Waals surface area contributed by atoms with Crippen molar-refractivity contribution in [3.63, 3.8) is 0 Å². The number of carbonyl (C=O) groups is 2. The highest BCUT2D eigenvalue weighted by molar-refractivity contribution is 5.95. The van der Waals surface area contributed by atoms with Crippen LogP contribution in [0.1, 0.15) is 48.3 Å². The Morgan fingerprint density at radius 3 is 2.31 bits per heavy atom. The van der Waals surface area contributed by atoms with Crippen molar-refractivity contribution in [3.05, 3.63) is 65.2 Å². The molecule has 0 aliphatic carbocycles. The topological polar surface area (TPSA) is 81.4 Å². The maximum absolute atomic E-state index is 12.1. The zero-order valence-corrected chi connectivity index (χ0v) is 15.5. The van der Waals surface area contributed by atoms with Gasteiger partial charge in [0.15, 0.2) is 6.61 Å². The van der Waals surface area contributed by atoms with Gasteiger partial charge in [-0.15, -0.1) is 0 Å². The molecule has 3 N–H and O–H groups in total. The van der Waals surface area contributed by atoms with E-state index in [-0.39, 0.29) is 24.1 Å². The molecule has 1 unspecified atom stereocenters. The highest BCUT2D eigenvalue weighted by Gasteiger charge is 2.13. The standard InChI is InChI=1S/C21H26N2O3/c1-14(2)12-16-8-10-17(11-9-16)15(3)23-20(24)13-26-19-7-5-4-6-18(19)21(22)25/h4-11,14-15H,12-13H2,1-3H3,(H2,22,25)(H,23,24). The Morgan fingerprint density at radius 1 is 1.04 bits per heavy atom. The number of amides is 2. The second-order valence-corrected chi connectivity index (χ2v) is 6.78. The molecule has 0 fully saturated rings. The summed E-state index contributed by atoms with van der Waals surface area (Å²) in [6.07, 6.45) is 1.04. The minimum absolute atomic E-state index is 0.134. The molecule has 0 bridgehead atoms. The van der Waals surface area contributed by atoms with Crippen LogP contribution >= 0.6 is 0 Å². The van der Waals surface area contributed by atoms with Gasteiger partial charge in [0.1, 0.15) is 5.75 Å². The number of primary amides is 1. The van der Waals surface area contributed by atoms with Crippen LogP contribution in [0.4, 0.5) is 0 Å². The Hall–Kier alpha value is -2.82. The first-order chi connectivity index (χ1) is 12.4. The van der Waals surface area contributed by atoms with Crippen LogP contribution in [-0.4, -0.2) is 18.4 Å². The number of ether oxygens (including phenoxy) is 1. The lowest BCUT2D eigenvalue weighted by Crippen LogP contribution is -2.31. The summed E-state index contributed by atoms with van der Waals surface area (Å²) < 4.78 is 5.45. The Bertz CT molecular complexity index is 754. The SMILES string of the molecule is CC(C)Cc1ccc(C(C)NC(=O)COc2ccccc2C(N)=O)cc1. The minimum atomic E-state index is -0.587. The second kappa shape index (κ2) is 9.04. The Balaban J connectivity index is 1.90. The van der Waals surface area contributed by atoms with Crippen LogP contribution in [0.2, 0.25) is 0 Å². The normalized spacial score (nSPS) is 11.8. The van der Waals surface area contributed by atoms with Gasteiger partial charge in [0.05, 0.1) is 11.6 Å². The van der Waals surface area contributed by atoms with Crippen LogP contribution in [0.15, 0.2) is 48.5 Å². The smallest absolute Gasteiger partial charge is 0.258 e. The molecule has 0 heterocycles. The number of para-hydroxylation sites is 1. The van der Waals surface area contributed by atoms with Crippen molar-refractivity contribution in [1.82, 2.24) is 5.32 Å². The summed E-state index contributed by atoms with van der Waals surface area (Å²) in [5, 5.41) is 2.90. The molecule has 2 aromatic rings. The van der Waals surface area contributed by atoms with Crippen LogP contribution in [0.3, 0.4) is 0 Å². The maximum Gasteiger partial charge on any atom is 0.258 e. The first-order valence-electron chi connectivity index (χ1n) is 8.76. The monoisotopic (exact) mass is 354 g/mol. The molecule has 0 radical (unpaired) electrons. The number of carbonyl (C=O) groups excluding carboxylic acids is 2. The van der Waals surface area contributed by atoms with Crippen LogP contribution in [-0.2, 0) is 11.2 Å². The van der Waals surface area contributed by atoms with Crippen LogP contribution in [0, 0.1) is 5.92 Å². The summed E-state index contributed by atoms with van der Waals surface area (Å²) in [4.78, 5) is 23.5. The van der Waals surface area contributed by atoms with Gasteiger partial charge in [0.2, 0.25) is 0 Å². The van der Waals surface area contributed by atoms with E-state index in [1.54, 1.807) is 24.3 Å². The van der Waals surface area contributed by atoms with Crippen molar-refractivity contribution in [2.75, 3.05) is 6.61 Å². The minimum Gasteiger partial charge on any atom is -0.483 e. The van der Waals surface area contributed by atoms with Crippen molar-refractivity contribution in [2.45, 2.75) is 33.2 Å². The molecular formula is C21H26N2O3. The van der Waals surface area contributed by atoms with Gasteiger partial charge in [-0.1, -0.05) is 50.2 Å². The molecule has 0 spiro atoms. The third-order valence-electron chi connectivity index (χ3n) is 4.01. The Kier molecular flexibility index (Phi) is 6.78. The molecule has 0 aliphatic rings. The van der Waals surface area contributed by atoms with Gasteiger partial charge in [-0.3, -0.25) is 9.59 Å². The number of hydrogen-bond acceptors (Lipinski definition) is 3. The van der Waals surface area contributed by atoms with Gasteiger partial charge in [0.25, 0.3) is 11.8 Å². The number of benzene rings is 2. The summed E-state index contributed by atoms with van der Waals surface area (Å²) >= 11 is 0. The van der Waals surface area contributed by atoms with Gasteiger partial charge in [-0.05, 0) is 42.5 Å². The summed E-state index contributed by atoms with van der Waals surface area (Å²) in [6, 6.07) is 14.7. The predicted octanol–water partition coefficient (Wildman–Crippen LogP) is 3.24. The third-order valence-corrected chi connectivity index (χ3v) is 4.01. The first kappa shape index (κ1) is 19.5. The molecule has 0 aromatic heterocycles. The zero-order chi connectivity index (χ0) is 19.1. The van der Waals surface area contributed by atoms with E-state index in [4.69, 9.17) is 10.5 Å². The summed E-state index contributed by atoms with van der Waals surface area (Å²) in [5.74, 6) is 0.0677. The van der Waals surface area contributed by atoms with E-state index < -0.39 is 5.91 Å². The fraction of sp³-hybridized carbons (Fsp3) is 0.333. The summed E-state index contributed by atoms with van der Waals surface area (Å²) in [6.45, 7) is 6.12. The fourth-order valence-corrected chi connectivity index (χ4v) is 2.72. The number of hydrogen-bond donors (Lipinski definition) is 2. The van der Waals surface area contributed by atoms with E-state index >= 15 is 0 Å². The lowest BCUT2D eigenvalue weighted by atomic mass is 10.00. The largest absolute Gasteiger partial charge is 0.483 e. The predicted molar refractivity (Wildman–Crippen MR) is 102 cm³/mol. The van der Waals surface area contributed by atoms with Gasteiger partial charge in [-0.2, -0.15) is 0 Å². The molecule has 0 saturated heterocycles. The van der Waals surface area contributed by atoms with Gasteiger partial charge < -0.3 is 15.8 Å². The van der Waals surface area contributed by atoms with Crippen LogP contribution in [0.5, 0.6) is 5.75 Å². The highest BCUT2D eigenvalue weighted by atomic mass is 16.5. The van der Waals surface area contributed by atoms with E-state index in [1.165, 1.54) is 5.56 Å². The molecule has 2 aromatic carbocycles. The Morgan fingerprint density at radius 2 is 1.69 bits per heavy atom. The zero-order valence-electron chi connectivity index (χ0n) is 15.5. The molecule has 0 aliphatic heterocycles. The molecule has 2 rings (SSSR count). The van der Waals surface area contributed by atoms with Crippen molar-refractivity contribution < 1.29 is 14.3 Å². The van der Waals surface area contributed by atoms with Crippen LogP contribution < -0.4 is 15.8 Å². The van der Waals surface area contributed by atoms with Crippen molar-refractivity contribution >= 4 is 11.8 Å². The average Bonchev–Trinajstić information content (AvgIpc) is 2.60. The fourth-order valence-electron chi connectivity index (χ4n) is 2.72. The Labute approximate surface area is 154 Å². The first-order valence-corrected chi connectivity index (χ1v) is 8.76. The molecule has 26 heavy (non-hydrogen) atoms. The number of nitrogens with one attached hydrogen (secondary N) is 1. The molecule has 5 heteroatoms. The summed E-state index contributed by atoms with van der Waals surface area (Å²) in [5.41, 5.74) is 7.88. The quantitative estimate of drug-likeness (QED) is 0.763. The van der Waals surface area contributed by atoms with Crippen LogP contribution in [0.25, 0.3) is 0 Å². The molecular weight excluding hydrogens is 328 g/mol. The lowest BCUT2D eigenvalue weighted by Gasteiger charge is -2.16. The number of rotatable bonds is 8. The molecule has 2 amide bonds.